The van der Waals surface area contributed by atoms with Gasteiger partial charge in [0.1, 0.15) is 23.3 Å². The third-order valence-corrected chi connectivity index (χ3v) is 10.2. The van der Waals surface area contributed by atoms with Gasteiger partial charge >= 0.3 is 5.97 Å². The van der Waals surface area contributed by atoms with Crippen molar-refractivity contribution in [2.24, 2.45) is 0 Å². The lowest BCUT2D eigenvalue weighted by molar-refractivity contribution is -0.139. The zero-order valence-electron chi connectivity index (χ0n) is 30.2. The molecule has 2 unspecified atom stereocenters. The minimum atomic E-state index is -1.00. The fraction of sp³-hybridized carbons (Fsp3) is 0.140. The first-order valence-corrected chi connectivity index (χ1v) is 17.9. The van der Waals surface area contributed by atoms with Crippen molar-refractivity contribution in [2.75, 3.05) is 16.4 Å². The van der Waals surface area contributed by atoms with Crippen molar-refractivity contribution in [2.45, 2.75) is 37.3 Å². The molecule has 3 heterocycles. The summed E-state index contributed by atoms with van der Waals surface area (Å²) in [6.45, 7) is 13.0. The number of nitrogen functional groups attached to an aromatic ring is 1. The minimum absolute atomic E-state index is 0.0257. The summed E-state index contributed by atoms with van der Waals surface area (Å²) in [5, 5.41) is 30.0. The van der Waals surface area contributed by atoms with Gasteiger partial charge in [0.2, 0.25) is 5.95 Å². The molecule has 0 bridgehead atoms. The molecule has 0 fully saturated rings. The molecule has 280 valence electrons. The number of ether oxygens (including phenoxy) is 1. The van der Waals surface area contributed by atoms with E-state index in [0.29, 0.717) is 42.2 Å². The number of aromatic amines is 1. The molecule has 2 aliphatic rings. The molecule has 56 heavy (non-hydrogen) atoms. The fourth-order valence-electron chi connectivity index (χ4n) is 7.57. The average molecular weight is 747 g/mol. The number of anilines is 3. The lowest BCUT2D eigenvalue weighted by Gasteiger charge is -2.38. The summed E-state index contributed by atoms with van der Waals surface area (Å²) < 4.78 is 6.24. The van der Waals surface area contributed by atoms with Crippen LogP contribution < -0.4 is 32.0 Å². The van der Waals surface area contributed by atoms with E-state index in [1.165, 1.54) is 6.20 Å². The van der Waals surface area contributed by atoms with Gasteiger partial charge in [-0.1, -0.05) is 62.2 Å². The highest BCUT2D eigenvalue weighted by molar-refractivity contribution is 5.84. The summed E-state index contributed by atoms with van der Waals surface area (Å²) >= 11 is 0. The summed E-state index contributed by atoms with van der Waals surface area (Å²) in [4.78, 5) is 39.4. The Morgan fingerprint density at radius 3 is 2.52 bits per heavy atom. The largest absolute Gasteiger partial charge is 0.508 e. The van der Waals surface area contributed by atoms with Crippen molar-refractivity contribution in [1.29, 1.82) is 0 Å². The highest BCUT2D eigenvalue weighted by Crippen LogP contribution is 2.60. The predicted octanol–water partition coefficient (Wildman–Crippen LogP) is 6.89. The molecule has 2 atom stereocenters. The SMILES string of the molecule is C=C(CCC(NC(=C)c1ccc(NCc2cnc3nc(N)[nH]c(=O)c3n2)cc1)C(=O)O)Nc1ccc2c(c1)C(=C)CC21c2ccccc2Oc2cc(O)ccc21. The van der Waals surface area contributed by atoms with Gasteiger partial charge in [-0.05, 0) is 77.9 Å². The van der Waals surface area contributed by atoms with Crippen molar-refractivity contribution in [1.82, 2.24) is 25.3 Å². The van der Waals surface area contributed by atoms with Gasteiger partial charge in [0.05, 0.1) is 23.9 Å². The fourth-order valence-corrected chi connectivity index (χ4v) is 7.57. The number of nitrogens with two attached hydrogens (primary N) is 1. The number of carboxylic acids is 1. The Balaban J connectivity index is 0.896. The maximum absolute atomic E-state index is 12.3. The van der Waals surface area contributed by atoms with Crippen LogP contribution in [0.15, 0.2) is 121 Å². The summed E-state index contributed by atoms with van der Waals surface area (Å²) in [7, 11) is 0. The van der Waals surface area contributed by atoms with E-state index in [9.17, 15) is 19.8 Å². The number of rotatable bonds is 12. The maximum Gasteiger partial charge on any atom is 0.326 e. The zero-order chi connectivity index (χ0) is 39.1. The van der Waals surface area contributed by atoms with Crippen LogP contribution in [0.3, 0.4) is 0 Å². The lowest BCUT2D eigenvalue weighted by atomic mass is 9.68. The van der Waals surface area contributed by atoms with Gasteiger partial charge in [-0.3, -0.25) is 9.78 Å². The standard InChI is InChI=1S/C43H38N8O5/c1-23-20-43(33-6-4-5-7-36(33)56-37-19-30(52)14-16-34(37)43)32-15-13-28(18-31(23)32)47-24(2)8-17-35(41(54)55)48-25(3)26-9-11-27(12-10-26)45-21-29-22-46-39-38(49-29)40(53)51-42(44)50-39/h4-7,9-16,18-19,22,35,45,47-48,52H,1-3,8,17,20-21H2,(H,54,55)(H3,44,46,50,51,53). The average Bonchev–Trinajstić information content (AvgIpc) is 3.46. The maximum atomic E-state index is 12.3. The van der Waals surface area contributed by atoms with Crippen molar-refractivity contribution >= 4 is 45.7 Å². The second-order valence-electron chi connectivity index (χ2n) is 13.9. The molecule has 0 saturated carbocycles. The number of phenols is 1. The van der Waals surface area contributed by atoms with Gasteiger partial charge in [0.25, 0.3) is 5.56 Å². The van der Waals surface area contributed by atoms with Gasteiger partial charge in [-0.25, -0.2) is 14.8 Å². The summed E-state index contributed by atoms with van der Waals surface area (Å²) in [6, 6.07) is 25.8. The van der Waals surface area contributed by atoms with E-state index in [1.54, 1.807) is 12.1 Å². The zero-order valence-corrected chi connectivity index (χ0v) is 30.2. The minimum Gasteiger partial charge on any atom is -0.508 e. The first kappa shape index (κ1) is 35.6. The number of H-pyrrole nitrogens is 1. The van der Waals surface area contributed by atoms with Crippen LogP contribution in [-0.4, -0.2) is 42.2 Å². The molecular formula is C43H38N8O5. The van der Waals surface area contributed by atoms with Crippen molar-refractivity contribution in [3.05, 3.63) is 160 Å². The number of aromatic hydroxyl groups is 1. The number of hydrogen-bond acceptors (Lipinski definition) is 11. The highest BCUT2D eigenvalue weighted by atomic mass is 16.5. The van der Waals surface area contributed by atoms with E-state index in [1.807, 2.05) is 54.6 Å². The monoisotopic (exact) mass is 746 g/mol. The van der Waals surface area contributed by atoms with Gasteiger partial charge in [-0.15, -0.1) is 0 Å². The van der Waals surface area contributed by atoms with Crippen LogP contribution in [0.25, 0.3) is 22.4 Å². The molecule has 1 aliphatic heterocycles. The number of phenolic OH excluding ortho intramolecular Hbond substituents is 1. The van der Waals surface area contributed by atoms with Crippen LogP contribution in [0.4, 0.5) is 17.3 Å². The smallest absolute Gasteiger partial charge is 0.326 e. The number of para-hydroxylation sites is 1. The Morgan fingerprint density at radius 2 is 1.71 bits per heavy atom. The van der Waals surface area contributed by atoms with Gasteiger partial charge in [-0.2, -0.15) is 4.98 Å². The molecule has 8 N–H and O–H groups in total. The first-order valence-electron chi connectivity index (χ1n) is 17.9. The molecule has 13 heteroatoms. The van der Waals surface area contributed by atoms with Crippen LogP contribution in [0, 0.1) is 0 Å². The molecule has 0 amide bonds. The Kier molecular flexibility index (Phi) is 8.97. The lowest BCUT2D eigenvalue weighted by Crippen LogP contribution is -2.35. The highest BCUT2D eigenvalue weighted by Gasteiger charge is 2.49. The van der Waals surface area contributed by atoms with Gasteiger partial charge in [0, 0.05) is 40.0 Å². The molecule has 1 spiro atoms. The third-order valence-electron chi connectivity index (χ3n) is 10.2. The predicted molar refractivity (Wildman–Crippen MR) is 216 cm³/mol. The molecule has 8 rings (SSSR count). The number of hydrogen-bond donors (Lipinski definition) is 7. The molecule has 0 saturated heterocycles. The second kappa shape index (κ2) is 14.1. The quantitative estimate of drug-likeness (QED) is 0.0685. The topological polar surface area (TPSA) is 200 Å². The van der Waals surface area contributed by atoms with E-state index < -0.39 is 23.0 Å². The van der Waals surface area contributed by atoms with Gasteiger partial charge in [0.15, 0.2) is 11.2 Å². The van der Waals surface area contributed by atoms with E-state index >= 15 is 0 Å². The molecule has 0 radical (unpaired) electrons. The number of allylic oxidation sites excluding steroid dienone is 2. The number of nitrogens with zero attached hydrogens (tertiary/aromatic N) is 3. The van der Waals surface area contributed by atoms with Crippen LogP contribution in [-0.2, 0) is 16.8 Å². The third kappa shape index (κ3) is 6.55. The Hall–Kier alpha value is -7.41. The molecule has 13 nitrogen and oxygen atoms in total. The van der Waals surface area contributed by atoms with Crippen LogP contribution in [0.1, 0.15) is 52.8 Å². The number of benzene rings is 4. The van der Waals surface area contributed by atoms with E-state index in [-0.39, 0.29) is 29.3 Å². The van der Waals surface area contributed by atoms with E-state index in [2.05, 4.69) is 73.8 Å². The Labute approximate surface area is 321 Å². The van der Waals surface area contributed by atoms with E-state index in [4.69, 9.17) is 10.5 Å². The number of aliphatic carboxylic acids is 1. The molecule has 2 aromatic heterocycles. The number of carboxylic acid groups (broad SMARTS) is 1. The Morgan fingerprint density at radius 1 is 0.964 bits per heavy atom. The second-order valence-corrected chi connectivity index (χ2v) is 13.9. The number of aromatic nitrogens is 4. The number of carbonyl (C=O) groups is 1. The first-order chi connectivity index (χ1) is 27.0. The van der Waals surface area contributed by atoms with Crippen LogP contribution in [0.2, 0.25) is 0 Å². The number of fused-ring (bicyclic) bond motifs is 7. The molecule has 6 aromatic rings. The molecule has 4 aromatic carbocycles. The molecular weight excluding hydrogens is 709 g/mol. The van der Waals surface area contributed by atoms with Crippen molar-refractivity contribution < 1.29 is 19.7 Å². The van der Waals surface area contributed by atoms with Crippen LogP contribution in [0.5, 0.6) is 17.2 Å². The van der Waals surface area contributed by atoms with Gasteiger partial charge < -0.3 is 36.6 Å². The van der Waals surface area contributed by atoms with Crippen LogP contribution >= 0.6 is 0 Å². The Bertz CT molecular complexity index is 2660. The van der Waals surface area contributed by atoms with Crippen molar-refractivity contribution in [3.8, 4) is 17.2 Å². The van der Waals surface area contributed by atoms with Crippen molar-refractivity contribution in [3.63, 3.8) is 0 Å². The summed E-state index contributed by atoms with van der Waals surface area (Å²) in [5.74, 6) is 0.470. The number of nitrogens with one attached hydrogen (secondary N) is 4. The summed E-state index contributed by atoms with van der Waals surface area (Å²) in [5.41, 5.74) is 13.9. The normalized spacial score (nSPS) is 15.6. The van der Waals surface area contributed by atoms with E-state index in [0.717, 1.165) is 50.5 Å². The summed E-state index contributed by atoms with van der Waals surface area (Å²) in [6.07, 6.45) is 2.82. The molecule has 1 aliphatic carbocycles.